The molecule has 8 heteroatoms. The molecule has 0 fully saturated rings. The van der Waals surface area contributed by atoms with Gasteiger partial charge in [-0.25, -0.2) is 13.4 Å². The number of amides is 1. The first kappa shape index (κ1) is 12.7. The average Bonchev–Trinajstić information content (AvgIpc) is 2.14. The van der Waals surface area contributed by atoms with E-state index in [0.717, 1.165) is 6.07 Å². The van der Waals surface area contributed by atoms with E-state index in [1.165, 1.54) is 20.1 Å². The monoisotopic (exact) mass is 264 g/mol. The van der Waals surface area contributed by atoms with Crippen molar-refractivity contribution in [3.8, 4) is 5.75 Å². The molecule has 1 aromatic rings. The Morgan fingerprint density at radius 3 is 2.56 bits per heavy atom. The number of ether oxygens (including phenoxy) is 1. The van der Waals surface area contributed by atoms with Crippen LogP contribution >= 0.6 is 10.7 Å². The zero-order valence-corrected chi connectivity index (χ0v) is 10.1. The number of halogens is 1. The molecule has 1 rings (SSSR count). The number of hydrogen-bond acceptors (Lipinski definition) is 5. The van der Waals surface area contributed by atoms with Crippen molar-refractivity contribution in [1.29, 1.82) is 0 Å². The highest BCUT2D eigenvalue weighted by Gasteiger charge is 2.15. The zero-order valence-electron chi connectivity index (χ0n) is 8.52. The van der Waals surface area contributed by atoms with Gasteiger partial charge in [0.1, 0.15) is 11.6 Å². The van der Waals surface area contributed by atoms with E-state index in [4.69, 9.17) is 15.4 Å². The lowest BCUT2D eigenvalue weighted by molar-refractivity contribution is -0.114. The van der Waals surface area contributed by atoms with E-state index in [9.17, 15) is 13.2 Å². The maximum Gasteiger partial charge on any atom is 0.278 e. The van der Waals surface area contributed by atoms with Gasteiger partial charge in [0.25, 0.3) is 9.05 Å². The lowest BCUT2D eigenvalue weighted by Crippen LogP contribution is -2.09. The van der Waals surface area contributed by atoms with Crippen LogP contribution in [-0.2, 0) is 13.8 Å². The van der Waals surface area contributed by atoms with Crippen molar-refractivity contribution in [2.24, 2.45) is 0 Å². The summed E-state index contributed by atoms with van der Waals surface area (Å²) in [6.07, 6.45) is 0. The van der Waals surface area contributed by atoms with Crippen LogP contribution in [0.4, 0.5) is 5.82 Å². The average molecular weight is 265 g/mol. The molecule has 16 heavy (non-hydrogen) atoms. The summed E-state index contributed by atoms with van der Waals surface area (Å²) >= 11 is 0. The van der Waals surface area contributed by atoms with E-state index in [-0.39, 0.29) is 22.5 Å². The molecule has 88 valence electrons. The second-order valence-corrected chi connectivity index (χ2v) is 5.36. The fraction of sp³-hybridized carbons (Fsp3) is 0.250. The highest BCUT2D eigenvalue weighted by atomic mass is 35.7. The number of aromatic nitrogens is 1. The fourth-order valence-electron chi connectivity index (χ4n) is 0.969. The van der Waals surface area contributed by atoms with Gasteiger partial charge in [0.2, 0.25) is 5.91 Å². The van der Waals surface area contributed by atoms with Crippen LogP contribution in [0.3, 0.4) is 0 Å². The number of anilines is 1. The minimum absolute atomic E-state index is 0.0612. The highest BCUT2D eigenvalue weighted by Crippen LogP contribution is 2.22. The molecular weight excluding hydrogens is 256 g/mol. The summed E-state index contributed by atoms with van der Waals surface area (Å²) in [5, 5.41) is 1.96. The summed E-state index contributed by atoms with van der Waals surface area (Å²) in [6.45, 7) is 1.27. The van der Waals surface area contributed by atoms with Gasteiger partial charge in [0.15, 0.2) is 5.03 Å². The van der Waals surface area contributed by atoms with Crippen molar-refractivity contribution >= 4 is 31.5 Å². The molecule has 6 nitrogen and oxygen atoms in total. The van der Waals surface area contributed by atoms with E-state index >= 15 is 0 Å². The predicted molar refractivity (Wildman–Crippen MR) is 58.1 cm³/mol. The Labute approximate surface area is 97.0 Å². The topological polar surface area (TPSA) is 85.4 Å². The number of hydrogen-bond donors (Lipinski definition) is 1. The second-order valence-electron chi connectivity index (χ2n) is 2.85. The Kier molecular flexibility index (Phi) is 3.71. The van der Waals surface area contributed by atoms with Gasteiger partial charge in [-0.1, -0.05) is 0 Å². The minimum Gasteiger partial charge on any atom is -0.497 e. The highest BCUT2D eigenvalue weighted by molar-refractivity contribution is 8.13. The summed E-state index contributed by atoms with van der Waals surface area (Å²) < 4.78 is 27.0. The summed E-state index contributed by atoms with van der Waals surface area (Å²) in [5.74, 6) is -0.0808. The molecule has 0 saturated heterocycles. The summed E-state index contributed by atoms with van der Waals surface area (Å²) in [7, 11) is 2.53. The van der Waals surface area contributed by atoms with Gasteiger partial charge < -0.3 is 10.1 Å². The smallest absolute Gasteiger partial charge is 0.278 e. The molecule has 0 bridgehead atoms. The van der Waals surface area contributed by atoms with Crippen molar-refractivity contribution in [2.45, 2.75) is 11.9 Å². The maximum absolute atomic E-state index is 11.1. The number of carbonyl (C=O) groups excluding carboxylic acids is 1. The first-order chi connectivity index (χ1) is 7.32. The quantitative estimate of drug-likeness (QED) is 0.823. The summed E-state index contributed by atoms with van der Waals surface area (Å²) in [6, 6.07) is 2.54. The SMILES string of the molecule is COc1cc(NC(C)=O)nc(S(=O)(=O)Cl)c1. The largest absolute Gasteiger partial charge is 0.497 e. The number of rotatable bonds is 3. The van der Waals surface area contributed by atoms with Gasteiger partial charge in [-0.05, 0) is 0 Å². The molecule has 0 spiro atoms. The van der Waals surface area contributed by atoms with E-state index in [1.807, 2.05) is 0 Å². The third-order valence-electron chi connectivity index (χ3n) is 1.56. The predicted octanol–water partition coefficient (Wildman–Crippen LogP) is 0.976. The molecule has 0 aromatic carbocycles. The van der Waals surface area contributed by atoms with Crippen molar-refractivity contribution in [1.82, 2.24) is 4.98 Å². The van der Waals surface area contributed by atoms with Crippen LogP contribution in [-0.4, -0.2) is 26.4 Å². The normalized spacial score (nSPS) is 10.9. The number of pyridine rings is 1. The molecule has 0 saturated carbocycles. The zero-order chi connectivity index (χ0) is 12.3. The van der Waals surface area contributed by atoms with Gasteiger partial charge >= 0.3 is 0 Å². The Morgan fingerprint density at radius 2 is 2.12 bits per heavy atom. The molecule has 0 aliphatic rings. The third kappa shape index (κ3) is 3.35. The molecule has 0 unspecified atom stereocenters. The number of methoxy groups -OCH3 is 1. The Balaban J connectivity index is 3.26. The minimum atomic E-state index is -3.96. The van der Waals surface area contributed by atoms with Crippen molar-refractivity contribution in [3.63, 3.8) is 0 Å². The molecular formula is C8H9ClN2O4S. The molecule has 0 aliphatic heterocycles. The first-order valence-electron chi connectivity index (χ1n) is 4.11. The Morgan fingerprint density at radius 1 is 1.50 bits per heavy atom. The maximum atomic E-state index is 11.1. The van der Waals surface area contributed by atoms with Gasteiger partial charge in [0.05, 0.1) is 7.11 Å². The molecule has 0 atom stereocenters. The van der Waals surface area contributed by atoms with Crippen LogP contribution in [0.15, 0.2) is 17.2 Å². The lowest BCUT2D eigenvalue weighted by atomic mass is 10.4. The van der Waals surface area contributed by atoms with Crippen LogP contribution in [0.25, 0.3) is 0 Å². The van der Waals surface area contributed by atoms with Crippen molar-refractivity contribution in [3.05, 3.63) is 12.1 Å². The van der Waals surface area contributed by atoms with Crippen molar-refractivity contribution in [2.75, 3.05) is 12.4 Å². The molecule has 1 heterocycles. The summed E-state index contributed by atoms with van der Waals surface area (Å²) in [5.41, 5.74) is 0. The van der Waals surface area contributed by atoms with Crippen molar-refractivity contribution < 1.29 is 17.9 Å². The van der Waals surface area contributed by atoms with Crippen LogP contribution in [0.5, 0.6) is 5.75 Å². The lowest BCUT2D eigenvalue weighted by Gasteiger charge is -2.06. The standard InChI is InChI=1S/C8H9ClN2O4S/c1-5(12)10-7-3-6(15-2)4-8(11-7)16(9,13)14/h3-4H,1-2H3,(H,10,11,12). The van der Waals surface area contributed by atoms with Crippen LogP contribution in [0.1, 0.15) is 6.92 Å². The van der Waals surface area contributed by atoms with E-state index in [1.54, 1.807) is 0 Å². The van der Waals surface area contributed by atoms with Gasteiger partial charge in [-0.3, -0.25) is 4.79 Å². The number of nitrogens with zero attached hydrogens (tertiary/aromatic N) is 1. The van der Waals surface area contributed by atoms with Gasteiger partial charge in [0, 0.05) is 29.7 Å². The first-order valence-corrected chi connectivity index (χ1v) is 6.42. The Hall–Kier alpha value is -1.34. The van der Waals surface area contributed by atoms with Gasteiger partial charge in [-0.2, -0.15) is 0 Å². The number of nitrogens with one attached hydrogen (secondary N) is 1. The molecule has 1 amide bonds. The van der Waals surface area contributed by atoms with Crippen LogP contribution < -0.4 is 10.1 Å². The van der Waals surface area contributed by atoms with E-state index in [2.05, 4.69) is 10.3 Å². The Bertz CT molecular complexity index is 515. The van der Waals surface area contributed by atoms with E-state index < -0.39 is 9.05 Å². The van der Waals surface area contributed by atoms with Crippen LogP contribution in [0.2, 0.25) is 0 Å². The third-order valence-corrected chi connectivity index (χ3v) is 2.75. The molecule has 0 aliphatic carbocycles. The summed E-state index contributed by atoms with van der Waals surface area (Å²) in [4.78, 5) is 14.5. The number of carbonyl (C=O) groups is 1. The molecule has 1 N–H and O–H groups in total. The van der Waals surface area contributed by atoms with E-state index in [0.29, 0.717) is 0 Å². The van der Waals surface area contributed by atoms with Gasteiger partial charge in [-0.15, -0.1) is 0 Å². The van der Waals surface area contributed by atoms with Crippen LogP contribution in [0, 0.1) is 0 Å². The second kappa shape index (κ2) is 4.67. The molecule has 1 aromatic heterocycles. The fourth-order valence-corrected chi connectivity index (χ4v) is 1.67. The molecule has 0 radical (unpaired) electrons.